The van der Waals surface area contributed by atoms with Gasteiger partial charge in [-0.25, -0.2) is 4.99 Å². The average molecular weight is 394 g/mol. The van der Waals surface area contributed by atoms with Crippen LogP contribution in [0.1, 0.15) is 45.4 Å². The number of hydrogen-bond donors (Lipinski definition) is 3. The van der Waals surface area contributed by atoms with Gasteiger partial charge in [0.05, 0.1) is 0 Å². The molecule has 6 nitrogen and oxygen atoms in total. The van der Waals surface area contributed by atoms with Crippen LogP contribution in [0.3, 0.4) is 0 Å². The minimum absolute atomic E-state index is 0.0541. The smallest absolute Gasteiger partial charge is 0.242 e. The summed E-state index contributed by atoms with van der Waals surface area (Å²) in [5, 5.41) is 11.7. The number of thiophene rings is 1. The Bertz CT molecular complexity index is 586. The Kier molecular flexibility index (Phi) is 8.57. The van der Waals surface area contributed by atoms with Crippen molar-refractivity contribution in [3.8, 4) is 0 Å². The van der Waals surface area contributed by atoms with Gasteiger partial charge in [-0.15, -0.1) is 11.3 Å². The molecule has 0 radical (unpaired) electrons. The molecule has 1 aromatic rings. The summed E-state index contributed by atoms with van der Waals surface area (Å²) < 4.78 is 0. The number of carbonyl (C=O) groups is 1. The van der Waals surface area contributed by atoms with Gasteiger partial charge in [0.1, 0.15) is 6.54 Å². The molecule has 0 spiro atoms. The fourth-order valence-corrected chi connectivity index (χ4v) is 3.91. The van der Waals surface area contributed by atoms with E-state index in [1.165, 1.54) is 17.7 Å². The number of nitrogens with zero attached hydrogens (tertiary/aromatic N) is 2. The monoisotopic (exact) mass is 393 g/mol. The third-order valence-electron chi connectivity index (χ3n) is 4.46. The standard InChI is InChI=1S/C20H35N5OS/c1-5-21-19(23-14-18(26)24-20(2,3)4)22-13-16-8-10-25(11-9-16)15-17-7-6-12-27-17/h6-7,12,16H,5,8-11,13-15H2,1-4H3,(H,24,26)(H2,21,22,23). The molecule has 0 aromatic carbocycles. The van der Waals surface area contributed by atoms with E-state index in [2.05, 4.69) is 43.4 Å². The molecule has 0 bridgehead atoms. The second-order valence-electron chi connectivity index (χ2n) is 8.17. The molecule has 0 unspecified atom stereocenters. The van der Waals surface area contributed by atoms with Crippen molar-refractivity contribution in [2.75, 3.05) is 32.7 Å². The molecule has 2 heterocycles. The first-order valence-electron chi connectivity index (χ1n) is 9.93. The van der Waals surface area contributed by atoms with Crippen molar-refractivity contribution in [2.24, 2.45) is 10.9 Å². The third-order valence-corrected chi connectivity index (χ3v) is 5.33. The maximum absolute atomic E-state index is 12.0. The second-order valence-corrected chi connectivity index (χ2v) is 9.21. The number of hydrogen-bond acceptors (Lipinski definition) is 4. The van der Waals surface area contributed by atoms with Crippen molar-refractivity contribution in [2.45, 2.75) is 52.6 Å². The molecule has 1 amide bonds. The van der Waals surface area contributed by atoms with Crippen molar-refractivity contribution >= 4 is 23.2 Å². The third kappa shape index (κ3) is 8.75. The van der Waals surface area contributed by atoms with Gasteiger partial charge in [-0.2, -0.15) is 0 Å². The minimum atomic E-state index is -0.227. The van der Waals surface area contributed by atoms with Crippen LogP contribution in [0.15, 0.2) is 22.5 Å². The van der Waals surface area contributed by atoms with Crippen LogP contribution in [0.4, 0.5) is 0 Å². The highest BCUT2D eigenvalue weighted by Gasteiger charge is 2.20. The first-order valence-corrected chi connectivity index (χ1v) is 10.8. The maximum Gasteiger partial charge on any atom is 0.242 e. The maximum atomic E-state index is 12.0. The van der Waals surface area contributed by atoms with Crippen molar-refractivity contribution in [3.63, 3.8) is 0 Å². The minimum Gasteiger partial charge on any atom is -0.357 e. The quantitative estimate of drug-likeness (QED) is 0.492. The number of amides is 1. The molecule has 1 aromatic heterocycles. The molecular weight excluding hydrogens is 358 g/mol. The van der Waals surface area contributed by atoms with E-state index in [0.717, 1.165) is 38.7 Å². The molecule has 152 valence electrons. The Balaban J connectivity index is 1.72. The zero-order valence-electron chi connectivity index (χ0n) is 17.2. The number of carbonyl (C=O) groups excluding carboxylic acids is 1. The summed E-state index contributed by atoms with van der Waals surface area (Å²) in [6.45, 7) is 13.2. The molecule has 7 heteroatoms. The summed E-state index contributed by atoms with van der Waals surface area (Å²) in [5.74, 6) is 1.32. The molecule has 1 saturated heterocycles. The molecule has 27 heavy (non-hydrogen) atoms. The van der Waals surface area contributed by atoms with Crippen molar-refractivity contribution in [1.29, 1.82) is 0 Å². The Morgan fingerprint density at radius 3 is 2.63 bits per heavy atom. The summed E-state index contributed by atoms with van der Waals surface area (Å²) in [6, 6.07) is 4.34. The summed E-state index contributed by atoms with van der Waals surface area (Å²) in [4.78, 5) is 20.4. The summed E-state index contributed by atoms with van der Waals surface area (Å²) >= 11 is 1.84. The molecule has 0 atom stereocenters. The van der Waals surface area contributed by atoms with Gasteiger partial charge in [-0.05, 0) is 71.0 Å². The Morgan fingerprint density at radius 1 is 1.30 bits per heavy atom. The number of likely N-dealkylation sites (tertiary alicyclic amines) is 1. The van der Waals surface area contributed by atoms with Gasteiger partial charge in [-0.3, -0.25) is 9.69 Å². The SMILES string of the molecule is CCNC(=NCC(=O)NC(C)(C)C)NCC1CCN(Cc2cccs2)CC1. The van der Waals surface area contributed by atoms with E-state index in [9.17, 15) is 4.79 Å². The van der Waals surface area contributed by atoms with Crippen molar-refractivity contribution in [3.05, 3.63) is 22.4 Å². The number of nitrogens with one attached hydrogen (secondary N) is 3. The topological polar surface area (TPSA) is 68.8 Å². The average Bonchev–Trinajstić information content (AvgIpc) is 3.10. The van der Waals surface area contributed by atoms with Crippen LogP contribution in [0, 0.1) is 5.92 Å². The van der Waals surface area contributed by atoms with E-state index in [1.807, 2.05) is 39.0 Å². The normalized spacial score (nSPS) is 17.0. The zero-order chi connectivity index (χ0) is 19.7. The van der Waals surface area contributed by atoms with Gasteiger partial charge >= 0.3 is 0 Å². The lowest BCUT2D eigenvalue weighted by Crippen LogP contribution is -2.44. The molecule has 0 aliphatic carbocycles. The summed E-state index contributed by atoms with van der Waals surface area (Å²) in [6.07, 6.45) is 2.39. The molecule has 1 fully saturated rings. The number of aliphatic imine (C=N–C) groups is 1. The molecule has 0 saturated carbocycles. The Hall–Kier alpha value is -1.60. The van der Waals surface area contributed by atoms with Gasteiger partial charge in [0.15, 0.2) is 5.96 Å². The predicted octanol–water partition coefficient (Wildman–Crippen LogP) is 2.43. The Morgan fingerprint density at radius 2 is 2.04 bits per heavy atom. The fourth-order valence-electron chi connectivity index (χ4n) is 3.16. The number of guanidine groups is 1. The largest absolute Gasteiger partial charge is 0.357 e. The molecule has 1 aliphatic heterocycles. The van der Waals surface area contributed by atoms with Crippen LogP contribution in [-0.4, -0.2) is 55.0 Å². The van der Waals surface area contributed by atoms with Crippen LogP contribution in [0.25, 0.3) is 0 Å². The van der Waals surface area contributed by atoms with E-state index in [1.54, 1.807) is 0 Å². The van der Waals surface area contributed by atoms with Crippen LogP contribution in [0.5, 0.6) is 0 Å². The molecule has 1 aliphatic rings. The van der Waals surface area contributed by atoms with E-state index in [0.29, 0.717) is 5.92 Å². The highest BCUT2D eigenvalue weighted by atomic mass is 32.1. The van der Waals surface area contributed by atoms with Gasteiger partial charge in [0, 0.05) is 30.1 Å². The highest BCUT2D eigenvalue weighted by molar-refractivity contribution is 7.09. The van der Waals surface area contributed by atoms with Crippen LogP contribution < -0.4 is 16.0 Å². The molecular formula is C20H35N5OS. The van der Waals surface area contributed by atoms with Gasteiger partial charge in [-0.1, -0.05) is 6.07 Å². The molecule has 3 N–H and O–H groups in total. The fraction of sp³-hybridized carbons (Fsp3) is 0.700. The number of piperidine rings is 1. The van der Waals surface area contributed by atoms with Gasteiger partial charge in [0.25, 0.3) is 0 Å². The van der Waals surface area contributed by atoms with E-state index < -0.39 is 0 Å². The van der Waals surface area contributed by atoms with Crippen LogP contribution >= 0.6 is 11.3 Å². The summed E-state index contributed by atoms with van der Waals surface area (Å²) in [5.41, 5.74) is -0.227. The van der Waals surface area contributed by atoms with E-state index in [-0.39, 0.29) is 18.0 Å². The second kappa shape index (κ2) is 10.7. The highest BCUT2D eigenvalue weighted by Crippen LogP contribution is 2.20. The van der Waals surface area contributed by atoms with Crippen molar-refractivity contribution in [1.82, 2.24) is 20.9 Å². The summed E-state index contributed by atoms with van der Waals surface area (Å²) in [7, 11) is 0. The van der Waals surface area contributed by atoms with Crippen LogP contribution in [0.2, 0.25) is 0 Å². The van der Waals surface area contributed by atoms with Gasteiger partial charge < -0.3 is 16.0 Å². The lowest BCUT2D eigenvalue weighted by molar-refractivity contribution is -0.121. The molecule has 2 rings (SSSR count). The van der Waals surface area contributed by atoms with Gasteiger partial charge in [0.2, 0.25) is 5.91 Å². The first-order chi connectivity index (χ1) is 12.9. The van der Waals surface area contributed by atoms with E-state index in [4.69, 9.17) is 0 Å². The predicted molar refractivity (Wildman–Crippen MR) is 114 cm³/mol. The Labute approximate surface area is 167 Å². The first kappa shape index (κ1) is 21.7. The lowest BCUT2D eigenvalue weighted by Gasteiger charge is -2.32. The van der Waals surface area contributed by atoms with Crippen molar-refractivity contribution < 1.29 is 4.79 Å². The lowest BCUT2D eigenvalue weighted by atomic mass is 9.97. The number of rotatable bonds is 7. The van der Waals surface area contributed by atoms with E-state index >= 15 is 0 Å². The zero-order valence-corrected chi connectivity index (χ0v) is 18.0. The van der Waals surface area contributed by atoms with Crippen LogP contribution in [-0.2, 0) is 11.3 Å².